The lowest BCUT2D eigenvalue weighted by atomic mass is 10.1. The van der Waals surface area contributed by atoms with Crippen molar-refractivity contribution in [3.63, 3.8) is 0 Å². The molecule has 1 heterocycles. The van der Waals surface area contributed by atoms with Crippen molar-refractivity contribution in [3.8, 4) is 0 Å². The molecule has 0 aromatic carbocycles. The Kier molecular flexibility index (Phi) is 4.67. The summed E-state index contributed by atoms with van der Waals surface area (Å²) in [5.41, 5.74) is 0. The van der Waals surface area contributed by atoms with Gasteiger partial charge in [0, 0.05) is 4.57 Å². The molecule has 0 aromatic rings. The minimum absolute atomic E-state index is 0.579. The average Bonchev–Trinajstić information content (AvgIpc) is 2.03. The van der Waals surface area contributed by atoms with Crippen molar-refractivity contribution in [1.82, 2.24) is 0 Å². The Morgan fingerprint density at radius 1 is 0.818 bits per heavy atom. The van der Waals surface area contributed by atoms with Crippen molar-refractivity contribution in [3.05, 3.63) is 0 Å². The standard InChI is InChI=1S/C7H14O3P/c8-11-9-6-4-2-1-3-5-7-10-11/h1-7H2/q+1. The Labute approximate surface area is 68.0 Å². The third kappa shape index (κ3) is 4.46. The molecule has 0 aliphatic carbocycles. The van der Waals surface area contributed by atoms with Crippen LogP contribution in [0.5, 0.6) is 0 Å². The van der Waals surface area contributed by atoms with Crippen LogP contribution < -0.4 is 0 Å². The summed E-state index contributed by atoms with van der Waals surface area (Å²) in [5, 5.41) is 0. The van der Waals surface area contributed by atoms with Crippen LogP contribution in [0.1, 0.15) is 32.1 Å². The van der Waals surface area contributed by atoms with Gasteiger partial charge in [-0.2, -0.15) is 0 Å². The highest BCUT2D eigenvalue weighted by Crippen LogP contribution is 2.25. The van der Waals surface area contributed by atoms with Gasteiger partial charge >= 0.3 is 8.25 Å². The van der Waals surface area contributed by atoms with Crippen LogP contribution in [0.25, 0.3) is 0 Å². The molecule has 4 heteroatoms. The van der Waals surface area contributed by atoms with E-state index in [1.165, 1.54) is 19.3 Å². The van der Waals surface area contributed by atoms with Gasteiger partial charge in [0.2, 0.25) is 0 Å². The average molecular weight is 177 g/mol. The van der Waals surface area contributed by atoms with Crippen LogP contribution in [-0.4, -0.2) is 13.2 Å². The van der Waals surface area contributed by atoms with E-state index in [1.54, 1.807) is 0 Å². The van der Waals surface area contributed by atoms with Gasteiger partial charge in [0.25, 0.3) is 0 Å². The third-order valence-corrected chi connectivity index (χ3v) is 2.47. The van der Waals surface area contributed by atoms with Crippen LogP contribution >= 0.6 is 8.25 Å². The summed E-state index contributed by atoms with van der Waals surface area (Å²) in [4.78, 5) is 0. The fourth-order valence-electron chi connectivity index (χ4n) is 1.05. The molecule has 1 aliphatic rings. The van der Waals surface area contributed by atoms with E-state index in [2.05, 4.69) is 0 Å². The summed E-state index contributed by atoms with van der Waals surface area (Å²) in [6.07, 6.45) is 5.62. The van der Waals surface area contributed by atoms with E-state index in [0.29, 0.717) is 13.2 Å². The number of rotatable bonds is 0. The van der Waals surface area contributed by atoms with Gasteiger partial charge in [0.1, 0.15) is 13.2 Å². The van der Waals surface area contributed by atoms with E-state index in [1.807, 2.05) is 0 Å². The highest BCUT2D eigenvalue weighted by atomic mass is 31.1. The van der Waals surface area contributed by atoms with E-state index in [4.69, 9.17) is 9.05 Å². The Hall–Kier alpha value is 0.0200. The highest BCUT2D eigenvalue weighted by molar-refractivity contribution is 7.33. The molecule has 0 amide bonds. The first-order valence-corrected chi connectivity index (χ1v) is 5.22. The lowest BCUT2D eigenvalue weighted by molar-refractivity contribution is 0.211. The molecule has 0 radical (unpaired) electrons. The smallest absolute Gasteiger partial charge is 0.119 e. The Balaban J connectivity index is 2.17. The molecular weight excluding hydrogens is 163 g/mol. The lowest BCUT2D eigenvalue weighted by Crippen LogP contribution is -1.95. The van der Waals surface area contributed by atoms with Crippen molar-refractivity contribution < 1.29 is 13.6 Å². The summed E-state index contributed by atoms with van der Waals surface area (Å²) in [5.74, 6) is 0. The number of hydrogen-bond acceptors (Lipinski definition) is 3. The molecule has 0 bridgehead atoms. The van der Waals surface area contributed by atoms with Gasteiger partial charge < -0.3 is 0 Å². The van der Waals surface area contributed by atoms with Crippen LogP contribution in [0, 0.1) is 0 Å². The predicted molar refractivity (Wildman–Crippen MR) is 42.6 cm³/mol. The first kappa shape index (κ1) is 9.11. The molecule has 0 aromatic heterocycles. The highest BCUT2D eigenvalue weighted by Gasteiger charge is 2.19. The molecule has 1 saturated heterocycles. The molecule has 1 fully saturated rings. The minimum atomic E-state index is -1.81. The van der Waals surface area contributed by atoms with Crippen molar-refractivity contribution >= 4 is 8.25 Å². The van der Waals surface area contributed by atoms with Crippen molar-refractivity contribution in [1.29, 1.82) is 0 Å². The van der Waals surface area contributed by atoms with Gasteiger partial charge in [-0.25, -0.2) is 0 Å². The first-order chi connectivity index (χ1) is 5.39. The van der Waals surface area contributed by atoms with Crippen LogP contribution in [0.2, 0.25) is 0 Å². The Morgan fingerprint density at radius 2 is 1.27 bits per heavy atom. The van der Waals surface area contributed by atoms with Crippen molar-refractivity contribution in [2.75, 3.05) is 13.2 Å². The maximum Gasteiger partial charge on any atom is 0.697 e. The second-order valence-electron chi connectivity index (χ2n) is 2.66. The fourth-order valence-corrected chi connectivity index (χ4v) is 1.68. The van der Waals surface area contributed by atoms with E-state index < -0.39 is 8.25 Å². The van der Waals surface area contributed by atoms with E-state index in [0.717, 1.165) is 12.8 Å². The fraction of sp³-hybridized carbons (Fsp3) is 1.00. The minimum Gasteiger partial charge on any atom is -0.119 e. The molecule has 3 nitrogen and oxygen atoms in total. The van der Waals surface area contributed by atoms with Gasteiger partial charge in [-0.3, -0.25) is 0 Å². The second kappa shape index (κ2) is 5.64. The molecule has 0 atom stereocenters. The molecule has 0 N–H and O–H groups in total. The van der Waals surface area contributed by atoms with Crippen LogP contribution in [-0.2, 0) is 13.6 Å². The summed E-state index contributed by atoms with van der Waals surface area (Å²) < 4.78 is 20.6. The monoisotopic (exact) mass is 177 g/mol. The Bertz CT molecular complexity index is 115. The molecule has 1 aliphatic heterocycles. The normalized spacial score (nSPS) is 23.1. The van der Waals surface area contributed by atoms with Gasteiger partial charge in [-0.1, -0.05) is 19.3 Å². The second-order valence-corrected chi connectivity index (χ2v) is 3.62. The van der Waals surface area contributed by atoms with Crippen molar-refractivity contribution in [2.45, 2.75) is 32.1 Å². The predicted octanol–water partition coefficient (Wildman–Crippen LogP) is 2.64. The molecule has 11 heavy (non-hydrogen) atoms. The number of hydrogen-bond donors (Lipinski definition) is 0. The van der Waals surface area contributed by atoms with Crippen LogP contribution in [0.4, 0.5) is 0 Å². The maximum absolute atomic E-state index is 10.8. The van der Waals surface area contributed by atoms with Gasteiger partial charge in [0.15, 0.2) is 0 Å². The zero-order chi connectivity index (χ0) is 7.94. The van der Waals surface area contributed by atoms with Gasteiger partial charge in [0.05, 0.1) is 0 Å². The zero-order valence-corrected chi connectivity index (χ0v) is 7.52. The first-order valence-electron chi connectivity index (χ1n) is 4.13. The SMILES string of the molecule is O=[P+]1OCCCCCCCO1. The summed E-state index contributed by atoms with van der Waals surface area (Å²) in [6.45, 7) is 1.16. The largest absolute Gasteiger partial charge is 0.697 e. The van der Waals surface area contributed by atoms with E-state index in [-0.39, 0.29) is 0 Å². The molecule has 64 valence electrons. The quantitative estimate of drug-likeness (QED) is 0.533. The maximum atomic E-state index is 10.8. The van der Waals surface area contributed by atoms with Gasteiger partial charge in [-0.05, 0) is 12.8 Å². The van der Waals surface area contributed by atoms with E-state index in [9.17, 15) is 4.57 Å². The zero-order valence-electron chi connectivity index (χ0n) is 6.62. The van der Waals surface area contributed by atoms with Crippen molar-refractivity contribution in [2.24, 2.45) is 0 Å². The molecule has 1 rings (SSSR count). The summed E-state index contributed by atoms with van der Waals surface area (Å²) in [7, 11) is -1.81. The lowest BCUT2D eigenvalue weighted by Gasteiger charge is -1.99. The topological polar surface area (TPSA) is 35.5 Å². The third-order valence-electron chi connectivity index (χ3n) is 1.68. The summed E-state index contributed by atoms with van der Waals surface area (Å²) in [6, 6.07) is 0. The molecule has 0 saturated carbocycles. The molecule has 0 unspecified atom stereocenters. The summed E-state index contributed by atoms with van der Waals surface area (Å²) >= 11 is 0. The molecule has 0 spiro atoms. The van der Waals surface area contributed by atoms with Crippen LogP contribution in [0.15, 0.2) is 0 Å². The van der Waals surface area contributed by atoms with E-state index >= 15 is 0 Å². The molecular formula is C7H14O3P+. The van der Waals surface area contributed by atoms with Crippen LogP contribution in [0.3, 0.4) is 0 Å². The Morgan fingerprint density at radius 3 is 1.82 bits per heavy atom. The van der Waals surface area contributed by atoms with Gasteiger partial charge in [-0.15, -0.1) is 9.05 Å².